The fraction of sp³-hybridized carbons (Fsp3) is 0.143. The Bertz CT molecular complexity index is 2510. The summed E-state index contributed by atoms with van der Waals surface area (Å²) in [7, 11) is 0. The molecule has 0 radical (unpaired) electrons. The molecular formula is C49H42Cl2N8O6. The summed E-state index contributed by atoms with van der Waals surface area (Å²) in [5.74, 6) is -0.965. The van der Waals surface area contributed by atoms with Gasteiger partial charge in [0.15, 0.2) is 0 Å². The molecule has 2 unspecified atom stereocenters. The Morgan fingerprint density at radius 2 is 0.831 bits per heavy atom. The Kier molecular flexibility index (Phi) is 13.4. The number of carbonyl (C=O) groups excluding carboxylic acids is 6. The van der Waals surface area contributed by atoms with Crippen LogP contribution < -0.4 is 31.1 Å². The molecule has 16 heteroatoms. The van der Waals surface area contributed by atoms with Crippen molar-refractivity contribution in [3.63, 3.8) is 0 Å². The van der Waals surface area contributed by atoms with Crippen molar-refractivity contribution in [3.8, 4) is 0 Å². The maximum atomic E-state index is 13.8. The fourth-order valence-corrected chi connectivity index (χ4v) is 7.77. The summed E-state index contributed by atoms with van der Waals surface area (Å²) >= 11 is 12.0. The zero-order valence-electron chi connectivity index (χ0n) is 34.7. The van der Waals surface area contributed by atoms with Crippen molar-refractivity contribution < 1.29 is 28.8 Å². The Hall–Kier alpha value is -7.68. The topological polar surface area (TPSA) is 164 Å². The highest BCUT2D eigenvalue weighted by Crippen LogP contribution is 2.25. The summed E-state index contributed by atoms with van der Waals surface area (Å²) in [5.41, 5.74) is 5.44. The number of nitrogens with zero attached hydrogens (tertiary/aromatic N) is 4. The van der Waals surface area contributed by atoms with E-state index in [9.17, 15) is 28.8 Å². The molecule has 2 aliphatic heterocycles. The van der Waals surface area contributed by atoms with Crippen molar-refractivity contribution in [2.75, 3.05) is 33.5 Å². The van der Waals surface area contributed by atoms with Gasteiger partial charge in [-0.2, -0.15) is 0 Å². The molecule has 14 nitrogen and oxygen atoms in total. The van der Waals surface area contributed by atoms with Gasteiger partial charge in [0.25, 0.3) is 11.8 Å². The number of anilines is 4. The highest BCUT2D eigenvalue weighted by atomic mass is 35.5. The minimum atomic E-state index is -0.970. The number of rotatable bonds is 14. The Labute approximate surface area is 384 Å². The number of benzene rings is 6. The van der Waals surface area contributed by atoms with Crippen molar-refractivity contribution in [3.05, 3.63) is 190 Å². The highest BCUT2D eigenvalue weighted by Gasteiger charge is 2.42. The second-order valence-corrected chi connectivity index (χ2v) is 16.3. The van der Waals surface area contributed by atoms with E-state index >= 15 is 0 Å². The van der Waals surface area contributed by atoms with E-state index in [1.54, 1.807) is 72.8 Å². The van der Waals surface area contributed by atoms with Crippen molar-refractivity contribution in [1.29, 1.82) is 0 Å². The van der Waals surface area contributed by atoms with Crippen LogP contribution in [-0.4, -0.2) is 70.9 Å². The largest absolute Gasteiger partial charge is 0.329 e. The molecular weight excluding hydrogens is 867 g/mol. The summed E-state index contributed by atoms with van der Waals surface area (Å²) in [6, 6.07) is 42.2. The first-order valence-electron chi connectivity index (χ1n) is 20.6. The molecule has 6 aromatic carbocycles. The molecule has 65 heavy (non-hydrogen) atoms. The van der Waals surface area contributed by atoms with Crippen LogP contribution in [0.25, 0.3) is 0 Å². The highest BCUT2D eigenvalue weighted by molar-refractivity contribution is 6.31. The molecule has 4 N–H and O–H groups in total. The smallest absolute Gasteiger partial charge is 0.324 e. The first-order valence-corrected chi connectivity index (χ1v) is 21.4. The maximum absolute atomic E-state index is 13.8. The lowest BCUT2D eigenvalue weighted by molar-refractivity contribution is -0.119. The normalized spacial score (nSPS) is 15.7. The number of imide groups is 2. The van der Waals surface area contributed by atoms with Crippen LogP contribution in [0, 0.1) is 0 Å². The fourth-order valence-electron chi connectivity index (χ4n) is 7.52. The van der Waals surface area contributed by atoms with Crippen molar-refractivity contribution in [1.82, 2.24) is 20.4 Å². The van der Waals surface area contributed by atoms with Crippen LogP contribution >= 0.6 is 23.2 Å². The van der Waals surface area contributed by atoms with Gasteiger partial charge in [0, 0.05) is 34.5 Å². The van der Waals surface area contributed by atoms with E-state index in [1.807, 2.05) is 84.9 Å². The number of hydrogen-bond donors (Lipinski definition) is 4. The molecule has 0 spiro atoms. The van der Waals surface area contributed by atoms with Crippen LogP contribution in [0.15, 0.2) is 158 Å². The summed E-state index contributed by atoms with van der Waals surface area (Å²) in [6.45, 7) is 0.235. The zero-order chi connectivity index (χ0) is 45.5. The van der Waals surface area contributed by atoms with Crippen LogP contribution in [0.4, 0.5) is 41.9 Å². The lowest BCUT2D eigenvalue weighted by Gasteiger charge is -2.25. The van der Waals surface area contributed by atoms with Gasteiger partial charge in [-0.25, -0.2) is 29.0 Å². The van der Waals surface area contributed by atoms with Crippen molar-refractivity contribution in [2.45, 2.75) is 31.6 Å². The van der Waals surface area contributed by atoms with E-state index in [4.69, 9.17) is 23.2 Å². The molecule has 0 aromatic heterocycles. The van der Waals surface area contributed by atoms with Gasteiger partial charge >= 0.3 is 24.1 Å². The molecule has 10 amide bonds. The van der Waals surface area contributed by atoms with Crippen LogP contribution in [0.3, 0.4) is 0 Å². The summed E-state index contributed by atoms with van der Waals surface area (Å²) < 4.78 is 0. The lowest BCUT2D eigenvalue weighted by atomic mass is 10.0. The standard InChI is InChI=1S/C49H42Cl2N8O6/c50-36-15-23-40(24-16-36)58-44(60)42(54-48(58)64)30-56(28-34-7-3-1-4-8-34)46(62)52-38-19-11-32(12-20-38)27-33-13-21-39(22-14-33)53-47(63)57(29-35-9-5-2-6-10-35)31-43-45(61)59(49(65)55-43)41-25-17-37(51)18-26-41/h1-26,42-43H,27-31H2,(H,52,62)(H,53,63)(H,54,64)(H,55,65). The number of urea groups is 4. The molecule has 6 aromatic rings. The molecule has 2 fully saturated rings. The molecule has 2 heterocycles. The van der Waals surface area contributed by atoms with E-state index in [2.05, 4.69) is 21.3 Å². The lowest BCUT2D eigenvalue weighted by Crippen LogP contribution is -2.45. The van der Waals surface area contributed by atoms with Gasteiger partial charge < -0.3 is 31.1 Å². The van der Waals surface area contributed by atoms with E-state index in [-0.39, 0.29) is 26.2 Å². The monoisotopic (exact) mass is 908 g/mol. The number of hydrogen-bond acceptors (Lipinski definition) is 6. The first-order chi connectivity index (χ1) is 31.5. The molecule has 0 saturated carbocycles. The molecule has 2 aliphatic rings. The molecule has 0 bridgehead atoms. The quantitative estimate of drug-likeness (QED) is 0.0798. The summed E-state index contributed by atoms with van der Waals surface area (Å²) in [6.07, 6.45) is 0.559. The first kappa shape index (κ1) is 43.9. The Morgan fingerprint density at radius 3 is 1.18 bits per heavy atom. The number of amides is 10. The second-order valence-electron chi connectivity index (χ2n) is 15.5. The average molecular weight is 910 g/mol. The second kappa shape index (κ2) is 19.8. The number of halogens is 2. The van der Waals surface area contributed by atoms with E-state index in [0.29, 0.717) is 39.2 Å². The van der Waals surface area contributed by atoms with Gasteiger partial charge in [-0.3, -0.25) is 9.59 Å². The van der Waals surface area contributed by atoms with E-state index in [0.717, 1.165) is 32.1 Å². The van der Waals surface area contributed by atoms with Gasteiger partial charge in [-0.1, -0.05) is 108 Å². The van der Waals surface area contributed by atoms with Crippen LogP contribution in [0.1, 0.15) is 22.3 Å². The molecule has 8 rings (SSSR count). The number of carbonyl (C=O) groups is 6. The van der Waals surface area contributed by atoms with Crippen molar-refractivity contribution >= 4 is 81.9 Å². The molecule has 2 atom stereocenters. The number of nitrogens with one attached hydrogen (secondary N) is 4. The Morgan fingerprint density at radius 1 is 0.477 bits per heavy atom. The van der Waals surface area contributed by atoms with Crippen LogP contribution in [0.2, 0.25) is 10.0 Å². The minimum Gasteiger partial charge on any atom is -0.324 e. The Balaban J connectivity index is 0.887. The predicted octanol–water partition coefficient (Wildman–Crippen LogP) is 8.90. The van der Waals surface area contributed by atoms with Crippen LogP contribution in [0.5, 0.6) is 0 Å². The summed E-state index contributed by atoms with van der Waals surface area (Å²) in [4.78, 5) is 85.3. The summed E-state index contributed by atoms with van der Waals surface area (Å²) in [5, 5.41) is 12.2. The van der Waals surface area contributed by atoms with E-state index < -0.39 is 48.0 Å². The van der Waals surface area contributed by atoms with Gasteiger partial charge in [-0.05, 0) is 101 Å². The minimum absolute atomic E-state index is 0.0722. The van der Waals surface area contributed by atoms with E-state index in [1.165, 1.54) is 9.80 Å². The van der Waals surface area contributed by atoms with Crippen LogP contribution in [-0.2, 0) is 29.1 Å². The molecule has 328 valence electrons. The SMILES string of the molecule is O=C(Nc1ccc(Cc2ccc(NC(=O)N(Cc3ccccc3)CC3NC(=O)N(c4ccc(Cl)cc4)C3=O)cc2)cc1)N(Cc1ccccc1)CC1NC(=O)N(c2ccc(Cl)cc2)C1=O. The molecule has 2 saturated heterocycles. The molecule has 0 aliphatic carbocycles. The third kappa shape index (κ3) is 10.8. The van der Waals surface area contributed by atoms with Gasteiger partial charge in [0.2, 0.25) is 0 Å². The van der Waals surface area contributed by atoms with Gasteiger partial charge in [-0.15, -0.1) is 0 Å². The third-order valence-electron chi connectivity index (χ3n) is 10.8. The average Bonchev–Trinajstić information content (AvgIpc) is 3.75. The maximum Gasteiger partial charge on any atom is 0.329 e. The zero-order valence-corrected chi connectivity index (χ0v) is 36.2. The van der Waals surface area contributed by atoms with Gasteiger partial charge in [0.05, 0.1) is 24.5 Å². The van der Waals surface area contributed by atoms with Crippen molar-refractivity contribution in [2.24, 2.45) is 0 Å². The predicted molar refractivity (Wildman–Crippen MR) is 250 cm³/mol. The third-order valence-corrected chi connectivity index (χ3v) is 11.3. The van der Waals surface area contributed by atoms with Gasteiger partial charge in [0.1, 0.15) is 12.1 Å².